The Kier molecular flexibility index (Phi) is 7.73. The number of carbonyl (C=O) groups excluding carboxylic acids is 1. The van der Waals surface area contributed by atoms with Crippen LogP contribution >= 0.6 is 0 Å². The van der Waals surface area contributed by atoms with Gasteiger partial charge in [0.1, 0.15) is 0 Å². The fraction of sp³-hybridized carbons (Fsp3) is 0.304. The quantitative estimate of drug-likeness (QED) is 0.485. The second-order valence-electron chi connectivity index (χ2n) is 7.19. The summed E-state index contributed by atoms with van der Waals surface area (Å²) in [5, 5.41) is 1.45. The van der Waals surface area contributed by atoms with Gasteiger partial charge in [-0.15, -0.1) is 0 Å². The van der Waals surface area contributed by atoms with E-state index < -0.39 is 10.0 Å². The molecule has 0 saturated carbocycles. The second kappa shape index (κ2) is 10.5. The summed E-state index contributed by atoms with van der Waals surface area (Å²) in [4.78, 5) is 15.9. The number of rotatable bonds is 10. The third-order valence-electron chi connectivity index (χ3n) is 5.12. The molecule has 3 aromatic rings. The van der Waals surface area contributed by atoms with Crippen molar-refractivity contribution in [2.45, 2.75) is 24.2 Å². The first-order valence-electron chi connectivity index (χ1n) is 10.2. The lowest BCUT2D eigenvalue weighted by Crippen LogP contribution is -2.34. The lowest BCUT2D eigenvalue weighted by Gasteiger charge is -2.23. The number of aryl methyl sites for hydroxylation is 1. The molecule has 0 saturated heterocycles. The Hall–Kier alpha value is -2.81. The lowest BCUT2D eigenvalue weighted by molar-refractivity contribution is 0.0600. The van der Waals surface area contributed by atoms with Gasteiger partial charge in [0.05, 0.1) is 17.6 Å². The molecule has 0 atom stereocenters. The Labute approximate surface area is 182 Å². The number of sulfonamides is 1. The number of nitrogens with two attached hydrogens (primary N) is 1. The molecule has 164 valence electrons. The number of fused-ring (bicyclic) bond motifs is 1. The Bertz CT molecular complexity index is 1130. The molecule has 3 rings (SSSR count). The van der Waals surface area contributed by atoms with Crippen LogP contribution in [0.2, 0.25) is 0 Å². The number of nitrogens with zero attached hydrogens (tertiary/aromatic N) is 2. The molecule has 0 spiro atoms. The summed E-state index contributed by atoms with van der Waals surface area (Å²) in [5.41, 5.74) is 7.17. The van der Waals surface area contributed by atoms with E-state index in [0.29, 0.717) is 49.8 Å². The molecule has 0 unspecified atom stereocenters. The van der Waals surface area contributed by atoms with E-state index in [1.54, 1.807) is 42.7 Å². The van der Waals surface area contributed by atoms with Crippen molar-refractivity contribution >= 4 is 26.8 Å². The summed E-state index contributed by atoms with van der Waals surface area (Å²) >= 11 is 0. The number of esters is 1. The van der Waals surface area contributed by atoms with Gasteiger partial charge in [-0.05, 0) is 55.6 Å². The van der Waals surface area contributed by atoms with E-state index >= 15 is 0 Å². The van der Waals surface area contributed by atoms with Crippen LogP contribution < -0.4 is 5.73 Å². The molecule has 0 radical (unpaired) electrons. The number of hydrogen-bond donors (Lipinski definition) is 1. The normalized spacial score (nSPS) is 11.7. The Morgan fingerprint density at radius 2 is 1.81 bits per heavy atom. The zero-order chi connectivity index (χ0) is 22.3. The highest BCUT2D eigenvalue weighted by molar-refractivity contribution is 7.89. The van der Waals surface area contributed by atoms with Crippen molar-refractivity contribution in [2.24, 2.45) is 5.73 Å². The topological polar surface area (TPSA) is 103 Å². The molecule has 0 amide bonds. The molecule has 7 nitrogen and oxygen atoms in total. The predicted molar refractivity (Wildman–Crippen MR) is 120 cm³/mol. The fourth-order valence-electron chi connectivity index (χ4n) is 3.46. The van der Waals surface area contributed by atoms with E-state index in [2.05, 4.69) is 4.98 Å². The molecule has 1 heterocycles. The molecular formula is C23H27N3O4S. The molecule has 0 bridgehead atoms. The van der Waals surface area contributed by atoms with Gasteiger partial charge >= 0.3 is 5.97 Å². The molecule has 8 heteroatoms. The smallest absolute Gasteiger partial charge is 0.337 e. The average Bonchev–Trinajstić information content (AvgIpc) is 2.80. The summed E-state index contributed by atoms with van der Waals surface area (Å²) in [6, 6.07) is 14.1. The van der Waals surface area contributed by atoms with Crippen molar-refractivity contribution in [3.05, 3.63) is 72.1 Å². The van der Waals surface area contributed by atoms with Gasteiger partial charge in [0, 0.05) is 36.3 Å². The second-order valence-corrected chi connectivity index (χ2v) is 9.10. The molecule has 0 aliphatic heterocycles. The molecule has 2 aromatic carbocycles. The van der Waals surface area contributed by atoms with Gasteiger partial charge in [-0.2, -0.15) is 4.31 Å². The number of pyridine rings is 1. The maximum atomic E-state index is 13.5. The van der Waals surface area contributed by atoms with Crippen molar-refractivity contribution in [3.8, 4) is 0 Å². The maximum absolute atomic E-state index is 13.5. The Morgan fingerprint density at radius 3 is 2.52 bits per heavy atom. The summed E-state index contributed by atoms with van der Waals surface area (Å²) in [5.74, 6) is -0.379. The first-order valence-corrected chi connectivity index (χ1v) is 11.6. The third-order valence-corrected chi connectivity index (χ3v) is 7.07. The van der Waals surface area contributed by atoms with Crippen LogP contribution in [0.1, 0.15) is 28.8 Å². The standard InChI is InChI=1S/C23H27N3O4S/c1-30-23(27)19-10-8-18(9-11-19)5-3-15-26(16-4-13-24)31(28,29)22-7-2-6-20-17-25-14-12-21(20)22/h2,6-12,14,17H,3-5,13,15-16,24H2,1H3. The van der Waals surface area contributed by atoms with Crippen molar-refractivity contribution in [3.63, 3.8) is 0 Å². The molecule has 0 aliphatic rings. The van der Waals surface area contributed by atoms with Crippen LogP contribution in [0.25, 0.3) is 10.8 Å². The Balaban J connectivity index is 1.76. The van der Waals surface area contributed by atoms with Crippen molar-refractivity contribution < 1.29 is 17.9 Å². The minimum absolute atomic E-state index is 0.284. The minimum atomic E-state index is -3.69. The third kappa shape index (κ3) is 5.46. The van der Waals surface area contributed by atoms with Crippen LogP contribution in [-0.4, -0.2) is 50.4 Å². The van der Waals surface area contributed by atoms with Gasteiger partial charge in [-0.3, -0.25) is 4.98 Å². The van der Waals surface area contributed by atoms with E-state index in [1.807, 2.05) is 18.2 Å². The van der Waals surface area contributed by atoms with Gasteiger partial charge in [-0.1, -0.05) is 24.3 Å². The van der Waals surface area contributed by atoms with Gasteiger partial charge < -0.3 is 10.5 Å². The van der Waals surface area contributed by atoms with Crippen molar-refractivity contribution in [1.29, 1.82) is 0 Å². The zero-order valence-electron chi connectivity index (χ0n) is 17.5. The molecule has 1 aromatic heterocycles. The SMILES string of the molecule is COC(=O)c1ccc(CCCN(CCCN)S(=O)(=O)c2cccc3cnccc23)cc1. The first kappa shape index (κ1) is 22.9. The molecular weight excluding hydrogens is 414 g/mol. The number of ether oxygens (including phenoxy) is 1. The van der Waals surface area contributed by atoms with Crippen LogP contribution in [0.4, 0.5) is 0 Å². The fourth-order valence-corrected chi connectivity index (χ4v) is 5.19. The van der Waals surface area contributed by atoms with Gasteiger partial charge in [-0.25, -0.2) is 13.2 Å². The lowest BCUT2D eigenvalue weighted by atomic mass is 10.1. The number of methoxy groups -OCH3 is 1. The summed E-state index contributed by atoms with van der Waals surface area (Å²) in [6.45, 7) is 1.16. The summed E-state index contributed by atoms with van der Waals surface area (Å²) in [6.07, 6.45) is 5.18. The van der Waals surface area contributed by atoms with E-state index in [-0.39, 0.29) is 10.9 Å². The maximum Gasteiger partial charge on any atom is 0.337 e. The van der Waals surface area contributed by atoms with Gasteiger partial charge in [0.25, 0.3) is 0 Å². The highest BCUT2D eigenvalue weighted by Crippen LogP contribution is 2.25. The van der Waals surface area contributed by atoms with Crippen molar-refractivity contribution in [1.82, 2.24) is 9.29 Å². The molecule has 2 N–H and O–H groups in total. The predicted octanol–water partition coefficient (Wildman–Crippen LogP) is 2.99. The highest BCUT2D eigenvalue weighted by atomic mass is 32.2. The molecule has 31 heavy (non-hydrogen) atoms. The minimum Gasteiger partial charge on any atom is -0.465 e. The zero-order valence-corrected chi connectivity index (χ0v) is 18.3. The van der Waals surface area contributed by atoms with Crippen LogP contribution in [-0.2, 0) is 21.2 Å². The van der Waals surface area contributed by atoms with Crippen LogP contribution in [0.5, 0.6) is 0 Å². The first-order chi connectivity index (χ1) is 15.0. The number of carbonyl (C=O) groups is 1. The van der Waals surface area contributed by atoms with Crippen LogP contribution in [0.15, 0.2) is 65.8 Å². The van der Waals surface area contributed by atoms with Crippen molar-refractivity contribution in [2.75, 3.05) is 26.7 Å². The van der Waals surface area contributed by atoms with E-state index in [9.17, 15) is 13.2 Å². The van der Waals surface area contributed by atoms with Gasteiger partial charge in [0.2, 0.25) is 10.0 Å². The summed E-state index contributed by atoms with van der Waals surface area (Å²) in [7, 11) is -2.34. The van der Waals surface area contributed by atoms with Gasteiger partial charge in [0.15, 0.2) is 0 Å². The van der Waals surface area contributed by atoms with E-state index in [4.69, 9.17) is 10.5 Å². The number of aromatic nitrogens is 1. The van der Waals surface area contributed by atoms with E-state index in [1.165, 1.54) is 11.4 Å². The molecule has 0 fully saturated rings. The summed E-state index contributed by atoms with van der Waals surface area (Å²) < 4.78 is 33.1. The Morgan fingerprint density at radius 1 is 1.06 bits per heavy atom. The number of benzene rings is 2. The molecule has 0 aliphatic carbocycles. The highest BCUT2D eigenvalue weighted by Gasteiger charge is 2.25. The van der Waals surface area contributed by atoms with Crippen LogP contribution in [0, 0.1) is 0 Å². The van der Waals surface area contributed by atoms with Crippen LogP contribution in [0.3, 0.4) is 0 Å². The average molecular weight is 442 g/mol. The number of hydrogen-bond acceptors (Lipinski definition) is 6. The van der Waals surface area contributed by atoms with E-state index in [0.717, 1.165) is 10.9 Å². The monoisotopic (exact) mass is 441 g/mol. The largest absolute Gasteiger partial charge is 0.465 e.